The Labute approximate surface area is 234 Å². The Morgan fingerprint density at radius 1 is 1.05 bits per heavy atom. The molecule has 0 spiro atoms. The molecule has 1 aliphatic heterocycles. The van der Waals surface area contributed by atoms with Gasteiger partial charge in [-0.3, -0.25) is 14.2 Å². The molecular formula is C30H33Cl2N4O2+. The number of halogens is 2. The molecule has 6 nitrogen and oxygen atoms in total. The lowest BCUT2D eigenvalue weighted by Crippen LogP contribution is -2.59. The number of likely N-dealkylation sites (N-methyl/N-ethyl adjacent to an activating group) is 1. The standard InChI is InChI=1S/C30H32Cl2N4O2/c1-34-30(37)21-36(17-14-33,25-12-13-27(31)28(32)19-25)29(20-35-15-3-4-16-35)23-10-8-22(9-11-23)24-6-5-7-26(18-24)38-2/h5-13,18-19,29H,3-4,15-17,20-21H2,1-2H3/p+1. The number of quaternary nitrogens is 1. The third-order valence-corrected chi connectivity index (χ3v) is 8.14. The molecule has 3 aromatic carbocycles. The molecule has 1 amide bonds. The van der Waals surface area contributed by atoms with Crippen LogP contribution >= 0.6 is 23.2 Å². The van der Waals surface area contributed by atoms with Crippen LogP contribution in [0.4, 0.5) is 5.69 Å². The number of amides is 1. The molecular weight excluding hydrogens is 519 g/mol. The Morgan fingerprint density at radius 3 is 2.42 bits per heavy atom. The Balaban J connectivity index is 1.85. The number of carbonyl (C=O) groups is 1. The van der Waals surface area contributed by atoms with Gasteiger partial charge in [-0.1, -0.05) is 59.6 Å². The summed E-state index contributed by atoms with van der Waals surface area (Å²) < 4.78 is 5.52. The number of carbonyl (C=O) groups excluding carboxylic acids is 1. The molecule has 0 bridgehead atoms. The van der Waals surface area contributed by atoms with E-state index < -0.39 is 0 Å². The third-order valence-electron chi connectivity index (χ3n) is 7.40. The number of nitriles is 1. The Hall–Kier alpha value is -3.08. The van der Waals surface area contributed by atoms with Crippen LogP contribution in [0.5, 0.6) is 5.75 Å². The van der Waals surface area contributed by atoms with Gasteiger partial charge < -0.3 is 10.1 Å². The molecule has 198 valence electrons. The van der Waals surface area contributed by atoms with Crippen molar-refractivity contribution >= 4 is 34.8 Å². The summed E-state index contributed by atoms with van der Waals surface area (Å²) in [7, 11) is 3.28. The molecule has 2 unspecified atom stereocenters. The highest BCUT2D eigenvalue weighted by molar-refractivity contribution is 6.42. The van der Waals surface area contributed by atoms with Crippen LogP contribution in [-0.4, -0.2) is 57.7 Å². The maximum absolute atomic E-state index is 13.0. The Bertz CT molecular complexity index is 1300. The van der Waals surface area contributed by atoms with Crippen LogP contribution in [0.3, 0.4) is 0 Å². The summed E-state index contributed by atoms with van der Waals surface area (Å²) in [4.78, 5) is 15.4. The minimum atomic E-state index is -0.193. The first-order valence-corrected chi connectivity index (χ1v) is 13.5. The van der Waals surface area contributed by atoms with E-state index in [-0.39, 0.29) is 29.5 Å². The second-order valence-corrected chi connectivity index (χ2v) is 10.5. The topological polar surface area (TPSA) is 65.4 Å². The second-order valence-electron chi connectivity index (χ2n) is 9.66. The number of hydrogen-bond donors (Lipinski definition) is 1. The lowest BCUT2D eigenvalue weighted by molar-refractivity contribution is -0.122. The van der Waals surface area contributed by atoms with Gasteiger partial charge in [0, 0.05) is 24.7 Å². The van der Waals surface area contributed by atoms with Crippen molar-refractivity contribution in [3.05, 3.63) is 82.3 Å². The van der Waals surface area contributed by atoms with Gasteiger partial charge in [-0.2, -0.15) is 5.26 Å². The maximum atomic E-state index is 13.0. The summed E-state index contributed by atoms with van der Waals surface area (Å²) >= 11 is 12.8. The average molecular weight is 553 g/mol. The van der Waals surface area contributed by atoms with Gasteiger partial charge in [-0.25, -0.2) is 0 Å². The number of rotatable bonds is 10. The van der Waals surface area contributed by atoms with Crippen molar-refractivity contribution in [2.45, 2.75) is 18.9 Å². The number of methoxy groups -OCH3 is 1. The number of ether oxygens (including phenoxy) is 1. The van der Waals surface area contributed by atoms with Gasteiger partial charge in [0.05, 0.1) is 23.7 Å². The van der Waals surface area contributed by atoms with Crippen LogP contribution in [0, 0.1) is 11.3 Å². The zero-order valence-electron chi connectivity index (χ0n) is 21.8. The van der Waals surface area contributed by atoms with Gasteiger partial charge in [0.1, 0.15) is 23.5 Å². The summed E-state index contributed by atoms with van der Waals surface area (Å²) in [5.74, 6) is 0.652. The van der Waals surface area contributed by atoms with Crippen LogP contribution in [0.15, 0.2) is 66.7 Å². The van der Waals surface area contributed by atoms with Gasteiger partial charge in [0.15, 0.2) is 13.1 Å². The zero-order valence-corrected chi connectivity index (χ0v) is 23.3. The van der Waals surface area contributed by atoms with E-state index in [9.17, 15) is 10.1 Å². The average Bonchev–Trinajstić information content (AvgIpc) is 3.46. The van der Waals surface area contributed by atoms with Crippen molar-refractivity contribution < 1.29 is 9.53 Å². The predicted molar refractivity (Wildman–Crippen MR) is 155 cm³/mol. The molecule has 1 saturated heterocycles. The van der Waals surface area contributed by atoms with Crippen LogP contribution in [0.1, 0.15) is 24.4 Å². The highest BCUT2D eigenvalue weighted by atomic mass is 35.5. The van der Waals surface area contributed by atoms with Crippen molar-refractivity contribution in [1.82, 2.24) is 14.7 Å². The van der Waals surface area contributed by atoms with Gasteiger partial charge in [0.25, 0.3) is 5.91 Å². The first-order valence-electron chi connectivity index (χ1n) is 12.8. The fraction of sp³-hybridized carbons (Fsp3) is 0.333. The van der Waals surface area contributed by atoms with Crippen molar-refractivity contribution in [3.8, 4) is 22.9 Å². The van der Waals surface area contributed by atoms with Crippen LogP contribution < -0.4 is 14.5 Å². The van der Waals surface area contributed by atoms with E-state index in [1.165, 1.54) is 0 Å². The van der Waals surface area contributed by atoms with Gasteiger partial charge in [0.2, 0.25) is 0 Å². The molecule has 0 aliphatic carbocycles. The molecule has 1 heterocycles. The monoisotopic (exact) mass is 551 g/mol. The number of hydrogen-bond acceptors (Lipinski definition) is 4. The van der Waals surface area contributed by atoms with Crippen LogP contribution in [-0.2, 0) is 4.79 Å². The van der Waals surface area contributed by atoms with Crippen LogP contribution in [0.2, 0.25) is 10.0 Å². The van der Waals surface area contributed by atoms with Gasteiger partial charge in [-0.15, -0.1) is 0 Å². The summed E-state index contributed by atoms with van der Waals surface area (Å²) in [6.07, 6.45) is 2.28. The van der Waals surface area contributed by atoms with Crippen molar-refractivity contribution in [2.24, 2.45) is 0 Å². The molecule has 0 aromatic heterocycles. The van der Waals surface area contributed by atoms with E-state index in [2.05, 4.69) is 46.6 Å². The molecule has 2 atom stereocenters. The molecule has 1 aliphatic rings. The van der Waals surface area contributed by atoms with E-state index in [0.717, 1.165) is 54.1 Å². The quantitative estimate of drug-likeness (QED) is 0.245. The van der Waals surface area contributed by atoms with E-state index >= 15 is 0 Å². The molecule has 0 radical (unpaired) electrons. The highest BCUT2D eigenvalue weighted by Gasteiger charge is 2.43. The fourth-order valence-electron chi connectivity index (χ4n) is 5.32. The third kappa shape index (κ3) is 6.14. The molecule has 38 heavy (non-hydrogen) atoms. The van der Waals surface area contributed by atoms with Crippen molar-refractivity contribution in [3.63, 3.8) is 0 Å². The summed E-state index contributed by atoms with van der Waals surface area (Å²) in [6.45, 7) is 2.88. The summed E-state index contributed by atoms with van der Waals surface area (Å²) in [5, 5.41) is 13.7. The van der Waals surface area contributed by atoms with E-state index in [1.807, 2.05) is 24.3 Å². The molecule has 3 aromatic rings. The molecule has 1 fully saturated rings. The largest absolute Gasteiger partial charge is 0.497 e. The first kappa shape index (κ1) is 27.9. The lowest BCUT2D eigenvalue weighted by atomic mass is 9.96. The Kier molecular flexibility index (Phi) is 9.30. The van der Waals surface area contributed by atoms with E-state index in [1.54, 1.807) is 26.3 Å². The SMILES string of the molecule is CNC(=O)C[N+](CC#N)(c1ccc(Cl)c(Cl)c1)C(CN1CCCC1)c1ccc(-c2cccc(OC)c2)cc1. The van der Waals surface area contributed by atoms with Gasteiger partial charge >= 0.3 is 0 Å². The normalized spacial score (nSPS) is 15.9. The molecule has 8 heteroatoms. The summed E-state index contributed by atoms with van der Waals surface area (Å²) in [6, 6.07) is 24.0. The minimum absolute atomic E-state index is 0.0954. The molecule has 0 saturated carbocycles. The van der Waals surface area contributed by atoms with E-state index in [0.29, 0.717) is 16.6 Å². The lowest BCUT2D eigenvalue weighted by Gasteiger charge is -2.44. The van der Waals surface area contributed by atoms with Crippen LogP contribution in [0.25, 0.3) is 11.1 Å². The smallest absolute Gasteiger partial charge is 0.275 e. The maximum Gasteiger partial charge on any atom is 0.275 e. The number of benzene rings is 3. The predicted octanol–water partition coefficient (Wildman–Crippen LogP) is 6.08. The number of likely N-dealkylation sites (tertiary alicyclic amines) is 1. The summed E-state index contributed by atoms with van der Waals surface area (Å²) in [5.41, 5.74) is 3.95. The van der Waals surface area contributed by atoms with Crippen molar-refractivity contribution in [2.75, 3.05) is 46.9 Å². The zero-order chi connectivity index (χ0) is 27.1. The molecule has 4 rings (SSSR count). The fourth-order valence-corrected chi connectivity index (χ4v) is 5.61. The first-order chi connectivity index (χ1) is 18.4. The Morgan fingerprint density at radius 2 is 1.79 bits per heavy atom. The van der Waals surface area contributed by atoms with Gasteiger partial charge in [-0.05, 0) is 55.3 Å². The van der Waals surface area contributed by atoms with E-state index in [4.69, 9.17) is 27.9 Å². The number of nitrogens with one attached hydrogen (secondary N) is 1. The minimum Gasteiger partial charge on any atom is -0.497 e. The number of nitrogens with zero attached hydrogens (tertiary/aromatic N) is 3. The van der Waals surface area contributed by atoms with Crippen molar-refractivity contribution in [1.29, 1.82) is 5.26 Å². The second kappa shape index (κ2) is 12.6. The molecule has 1 N–H and O–H groups in total. The highest BCUT2D eigenvalue weighted by Crippen LogP contribution is 2.40.